The standard InChI is InChI=1S/C13H25NS/c1-2-11-5-3-4-6-13(11)14-12-7-9-15-10-8-12/h11-14H,2-10H2,1H3. The molecule has 2 heteroatoms. The van der Waals surface area contributed by atoms with E-state index in [2.05, 4.69) is 24.0 Å². The van der Waals surface area contributed by atoms with Gasteiger partial charge in [-0.15, -0.1) is 0 Å². The summed E-state index contributed by atoms with van der Waals surface area (Å²) in [5, 5.41) is 3.95. The van der Waals surface area contributed by atoms with E-state index < -0.39 is 0 Å². The molecule has 1 heterocycles. The van der Waals surface area contributed by atoms with Gasteiger partial charge in [0.1, 0.15) is 0 Å². The van der Waals surface area contributed by atoms with Crippen LogP contribution >= 0.6 is 11.8 Å². The highest BCUT2D eigenvalue weighted by Gasteiger charge is 2.26. The first-order chi connectivity index (χ1) is 7.40. The zero-order valence-corrected chi connectivity index (χ0v) is 10.8. The van der Waals surface area contributed by atoms with E-state index in [0.717, 1.165) is 18.0 Å². The molecule has 1 saturated carbocycles. The van der Waals surface area contributed by atoms with Crippen molar-refractivity contribution in [3.63, 3.8) is 0 Å². The molecule has 1 saturated heterocycles. The molecular formula is C13H25NS. The zero-order chi connectivity index (χ0) is 10.5. The Hall–Kier alpha value is 0.310. The highest BCUT2D eigenvalue weighted by molar-refractivity contribution is 7.99. The third kappa shape index (κ3) is 3.39. The van der Waals surface area contributed by atoms with E-state index in [1.54, 1.807) is 0 Å². The minimum Gasteiger partial charge on any atom is -0.311 e. The highest BCUT2D eigenvalue weighted by atomic mass is 32.2. The SMILES string of the molecule is CCC1CCCCC1NC1CCSCC1. The first-order valence-electron chi connectivity index (χ1n) is 6.74. The third-order valence-corrected chi connectivity index (χ3v) is 5.15. The number of hydrogen-bond donors (Lipinski definition) is 1. The van der Waals surface area contributed by atoms with Crippen molar-refractivity contribution in [2.45, 2.75) is 64.0 Å². The lowest BCUT2D eigenvalue weighted by Crippen LogP contribution is -2.45. The van der Waals surface area contributed by atoms with Crippen LogP contribution in [0, 0.1) is 5.92 Å². The Kier molecular flexibility index (Phi) is 4.83. The maximum Gasteiger partial charge on any atom is 0.00978 e. The fourth-order valence-electron chi connectivity index (χ4n) is 3.08. The molecule has 0 spiro atoms. The van der Waals surface area contributed by atoms with Gasteiger partial charge in [0.05, 0.1) is 0 Å². The van der Waals surface area contributed by atoms with Gasteiger partial charge in [0.25, 0.3) is 0 Å². The number of rotatable bonds is 3. The maximum atomic E-state index is 3.95. The van der Waals surface area contributed by atoms with E-state index in [0.29, 0.717) is 0 Å². The highest BCUT2D eigenvalue weighted by Crippen LogP contribution is 2.28. The summed E-state index contributed by atoms with van der Waals surface area (Å²) in [6.45, 7) is 2.36. The van der Waals surface area contributed by atoms with E-state index in [4.69, 9.17) is 0 Å². The molecule has 1 aliphatic carbocycles. The fraction of sp³-hybridized carbons (Fsp3) is 1.00. The Morgan fingerprint density at radius 2 is 1.80 bits per heavy atom. The minimum atomic E-state index is 0.836. The van der Waals surface area contributed by atoms with Crippen LogP contribution in [0.1, 0.15) is 51.9 Å². The molecule has 0 radical (unpaired) electrons. The normalized spacial score (nSPS) is 34.2. The summed E-state index contributed by atoms with van der Waals surface area (Å²) in [7, 11) is 0. The van der Waals surface area contributed by atoms with Crippen LogP contribution in [0.15, 0.2) is 0 Å². The van der Waals surface area contributed by atoms with Gasteiger partial charge in [-0.2, -0.15) is 11.8 Å². The molecule has 1 aliphatic heterocycles. The molecule has 0 bridgehead atoms. The molecule has 2 fully saturated rings. The van der Waals surface area contributed by atoms with Crippen molar-refractivity contribution >= 4 is 11.8 Å². The van der Waals surface area contributed by atoms with Crippen molar-refractivity contribution in [3.05, 3.63) is 0 Å². The van der Waals surface area contributed by atoms with Crippen LogP contribution < -0.4 is 5.32 Å². The molecule has 1 N–H and O–H groups in total. The Balaban J connectivity index is 1.79. The number of nitrogens with one attached hydrogen (secondary N) is 1. The molecule has 2 unspecified atom stereocenters. The van der Waals surface area contributed by atoms with Gasteiger partial charge in [-0.1, -0.05) is 26.2 Å². The molecule has 0 aromatic carbocycles. The van der Waals surface area contributed by atoms with Gasteiger partial charge in [-0.3, -0.25) is 0 Å². The van der Waals surface area contributed by atoms with Gasteiger partial charge in [-0.25, -0.2) is 0 Å². The molecule has 2 atom stereocenters. The van der Waals surface area contributed by atoms with Crippen molar-refractivity contribution < 1.29 is 0 Å². The smallest absolute Gasteiger partial charge is 0.00978 e. The maximum absolute atomic E-state index is 3.95. The molecule has 88 valence electrons. The van der Waals surface area contributed by atoms with Gasteiger partial charge >= 0.3 is 0 Å². The Morgan fingerprint density at radius 3 is 2.53 bits per heavy atom. The van der Waals surface area contributed by atoms with Gasteiger partial charge < -0.3 is 5.32 Å². The quantitative estimate of drug-likeness (QED) is 0.792. The van der Waals surface area contributed by atoms with Crippen molar-refractivity contribution in [1.29, 1.82) is 0 Å². The average Bonchev–Trinajstić information content (AvgIpc) is 2.31. The minimum absolute atomic E-state index is 0.836. The molecule has 0 aromatic rings. The summed E-state index contributed by atoms with van der Waals surface area (Å²) in [6, 6.07) is 1.68. The monoisotopic (exact) mass is 227 g/mol. The second kappa shape index (κ2) is 6.15. The Bertz CT molecular complexity index is 177. The van der Waals surface area contributed by atoms with Gasteiger partial charge in [0.2, 0.25) is 0 Å². The summed E-state index contributed by atoms with van der Waals surface area (Å²) in [5.41, 5.74) is 0. The van der Waals surface area contributed by atoms with E-state index in [1.165, 1.54) is 56.5 Å². The second-order valence-corrected chi connectivity index (χ2v) is 6.34. The van der Waals surface area contributed by atoms with Crippen molar-refractivity contribution in [3.8, 4) is 0 Å². The van der Waals surface area contributed by atoms with E-state index >= 15 is 0 Å². The predicted molar refractivity (Wildman–Crippen MR) is 69.5 cm³/mol. The van der Waals surface area contributed by atoms with Gasteiger partial charge in [0, 0.05) is 12.1 Å². The molecular weight excluding hydrogens is 202 g/mol. The summed E-state index contributed by atoms with van der Waals surface area (Å²) < 4.78 is 0. The fourth-order valence-corrected chi connectivity index (χ4v) is 4.19. The Labute approximate surface area is 98.8 Å². The second-order valence-electron chi connectivity index (χ2n) is 5.11. The van der Waals surface area contributed by atoms with E-state index in [9.17, 15) is 0 Å². The lowest BCUT2D eigenvalue weighted by atomic mass is 9.82. The summed E-state index contributed by atoms with van der Waals surface area (Å²) in [5.74, 6) is 3.72. The first kappa shape index (κ1) is 11.8. The Morgan fingerprint density at radius 1 is 1.07 bits per heavy atom. The lowest BCUT2D eigenvalue weighted by molar-refractivity contribution is 0.232. The largest absolute Gasteiger partial charge is 0.311 e. The van der Waals surface area contributed by atoms with E-state index in [1.807, 2.05) is 0 Å². The van der Waals surface area contributed by atoms with Crippen molar-refractivity contribution in [2.24, 2.45) is 5.92 Å². The van der Waals surface area contributed by atoms with Crippen LogP contribution in [0.4, 0.5) is 0 Å². The van der Waals surface area contributed by atoms with Crippen LogP contribution in [0.2, 0.25) is 0 Å². The average molecular weight is 227 g/mol. The third-order valence-electron chi connectivity index (χ3n) is 4.10. The predicted octanol–water partition coefficient (Wildman–Crippen LogP) is 3.44. The van der Waals surface area contributed by atoms with E-state index in [-0.39, 0.29) is 0 Å². The van der Waals surface area contributed by atoms with Crippen LogP contribution in [0.3, 0.4) is 0 Å². The molecule has 2 aliphatic rings. The summed E-state index contributed by atoms with van der Waals surface area (Å²) in [6.07, 6.45) is 10.00. The summed E-state index contributed by atoms with van der Waals surface area (Å²) in [4.78, 5) is 0. The summed E-state index contributed by atoms with van der Waals surface area (Å²) >= 11 is 2.13. The van der Waals surface area contributed by atoms with Crippen LogP contribution in [-0.2, 0) is 0 Å². The first-order valence-corrected chi connectivity index (χ1v) is 7.89. The molecule has 2 rings (SSSR count). The van der Waals surface area contributed by atoms with Gasteiger partial charge in [0.15, 0.2) is 0 Å². The molecule has 0 aromatic heterocycles. The van der Waals surface area contributed by atoms with Crippen molar-refractivity contribution in [1.82, 2.24) is 5.32 Å². The topological polar surface area (TPSA) is 12.0 Å². The van der Waals surface area contributed by atoms with Crippen LogP contribution in [-0.4, -0.2) is 23.6 Å². The van der Waals surface area contributed by atoms with Crippen molar-refractivity contribution in [2.75, 3.05) is 11.5 Å². The molecule has 1 nitrogen and oxygen atoms in total. The number of hydrogen-bond acceptors (Lipinski definition) is 2. The van der Waals surface area contributed by atoms with Gasteiger partial charge in [-0.05, 0) is 43.1 Å². The van der Waals surface area contributed by atoms with Crippen LogP contribution in [0.25, 0.3) is 0 Å². The molecule has 15 heavy (non-hydrogen) atoms. The molecule has 0 amide bonds. The zero-order valence-electron chi connectivity index (χ0n) is 10.0. The van der Waals surface area contributed by atoms with Crippen LogP contribution in [0.5, 0.6) is 0 Å². The number of thioether (sulfide) groups is 1. The lowest BCUT2D eigenvalue weighted by Gasteiger charge is -2.36.